The molecule has 6 heteroatoms. The summed E-state index contributed by atoms with van der Waals surface area (Å²) in [5.74, 6) is 1.32. The Labute approximate surface area is 107 Å². The first-order valence-electron chi connectivity index (χ1n) is 6.58. The van der Waals surface area contributed by atoms with Crippen LogP contribution in [0.5, 0.6) is 0 Å². The minimum Gasteiger partial charge on any atom is -0.336 e. The van der Waals surface area contributed by atoms with Crippen molar-refractivity contribution in [2.75, 3.05) is 13.1 Å². The highest BCUT2D eigenvalue weighted by Crippen LogP contribution is 2.19. The van der Waals surface area contributed by atoms with E-state index in [1.54, 1.807) is 0 Å². The fraction of sp³-hybridized carbons (Fsp3) is 0.750. The summed E-state index contributed by atoms with van der Waals surface area (Å²) >= 11 is 0. The molecule has 1 saturated heterocycles. The number of likely N-dealkylation sites (tertiary alicyclic amines) is 1. The first-order chi connectivity index (χ1) is 8.61. The number of amides is 1. The van der Waals surface area contributed by atoms with Crippen molar-refractivity contribution in [3.8, 4) is 0 Å². The average molecular weight is 251 g/mol. The van der Waals surface area contributed by atoms with Crippen molar-refractivity contribution in [3.05, 3.63) is 11.6 Å². The van der Waals surface area contributed by atoms with Crippen molar-refractivity contribution in [1.29, 1.82) is 0 Å². The third kappa shape index (κ3) is 2.69. The van der Waals surface area contributed by atoms with E-state index in [1.807, 2.05) is 18.7 Å². The van der Waals surface area contributed by atoms with Crippen LogP contribution in [0.1, 0.15) is 43.1 Å². The Hall–Kier alpha value is -1.43. The number of aryl methyl sites for hydroxylation is 1. The highest BCUT2D eigenvalue weighted by Gasteiger charge is 2.28. The largest absolute Gasteiger partial charge is 0.336 e. The van der Waals surface area contributed by atoms with Crippen molar-refractivity contribution >= 4 is 5.91 Å². The predicted molar refractivity (Wildman–Crippen MR) is 68.0 cm³/mol. The van der Waals surface area contributed by atoms with Gasteiger partial charge in [-0.05, 0) is 25.7 Å². The van der Waals surface area contributed by atoms with Gasteiger partial charge >= 0.3 is 0 Å². The smallest absolute Gasteiger partial charge is 0.293 e. The number of aromatic amines is 1. The number of hydrogen-bond donors (Lipinski definition) is 2. The fourth-order valence-electron chi connectivity index (χ4n) is 2.31. The number of H-pyrrole nitrogens is 1. The van der Waals surface area contributed by atoms with E-state index in [1.165, 1.54) is 0 Å². The molecule has 0 aromatic carbocycles. The number of nitrogens with zero attached hydrogens (tertiary/aromatic N) is 3. The number of hydrogen-bond acceptors (Lipinski definition) is 4. The molecule has 0 saturated carbocycles. The monoisotopic (exact) mass is 251 g/mol. The minimum atomic E-state index is -0.0868. The lowest BCUT2D eigenvalue weighted by atomic mass is 9.92. The van der Waals surface area contributed by atoms with Gasteiger partial charge in [0.05, 0.1) is 0 Å². The van der Waals surface area contributed by atoms with Crippen LogP contribution in [-0.2, 0) is 6.42 Å². The van der Waals surface area contributed by atoms with Gasteiger partial charge in [0.2, 0.25) is 5.82 Å². The maximum Gasteiger partial charge on any atom is 0.293 e. The molecule has 0 aliphatic carbocycles. The molecule has 1 aromatic heterocycles. The molecule has 1 aliphatic heterocycles. The molecule has 1 fully saturated rings. The highest BCUT2D eigenvalue weighted by atomic mass is 16.2. The Morgan fingerprint density at radius 2 is 2.44 bits per heavy atom. The van der Waals surface area contributed by atoms with Gasteiger partial charge in [-0.3, -0.25) is 9.89 Å². The zero-order valence-corrected chi connectivity index (χ0v) is 11.0. The summed E-state index contributed by atoms with van der Waals surface area (Å²) in [7, 11) is 0. The molecule has 2 heterocycles. The van der Waals surface area contributed by atoms with Gasteiger partial charge in [0, 0.05) is 25.6 Å². The van der Waals surface area contributed by atoms with Gasteiger partial charge < -0.3 is 10.6 Å². The number of carbonyl (C=O) groups excluding carboxylic acids is 1. The van der Waals surface area contributed by atoms with Crippen LogP contribution < -0.4 is 5.73 Å². The second kappa shape index (κ2) is 5.48. The zero-order chi connectivity index (χ0) is 13.1. The topological polar surface area (TPSA) is 87.9 Å². The van der Waals surface area contributed by atoms with Gasteiger partial charge in [0.1, 0.15) is 5.82 Å². The number of nitrogens with one attached hydrogen (secondary N) is 1. The van der Waals surface area contributed by atoms with E-state index in [4.69, 9.17) is 5.73 Å². The normalized spacial score (nSPS) is 21.9. The third-order valence-corrected chi connectivity index (χ3v) is 3.55. The first kappa shape index (κ1) is 13.0. The Bertz CT molecular complexity index is 414. The second-order valence-corrected chi connectivity index (χ2v) is 4.97. The Kier molecular flexibility index (Phi) is 3.96. The van der Waals surface area contributed by atoms with E-state index in [0.29, 0.717) is 12.5 Å². The van der Waals surface area contributed by atoms with Crippen molar-refractivity contribution < 1.29 is 4.79 Å². The molecule has 6 nitrogen and oxygen atoms in total. The van der Waals surface area contributed by atoms with Crippen LogP contribution in [0.2, 0.25) is 0 Å². The summed E-state index contributed by atoms with van der Waals surface area (Å²) in [6.07, 6.45) is 2.85. The number of rotatable bonds is 3. The van der Waals surface area contributed by atoms with Gasteiger partial charge in [-0.2, -0.15) is 0 Å². The summed E-state index contributed by atoms with van der Waals surface area (Å²) in [6, 6.07) is 0.124. The Balaban J connectivity index is 2.04. The van der Waals surface area contributed by atoms with Gasteiger partial charge in [-0.25, -0.2) is 4.98 Å². The molecule has 0 bridgehead atoms. The summed E-state index contributed by atoms with van der Waals surface area (Å²) in [4.78, 5) is 18.2. The molecule has 0 radical (unpaired) electrons. The lowest BCUT2D eigenvalue weighted by Crippen LogP contribution is -2.45. The van der Waals surface area contributed by atoms with E-state index >= 15 is 0 Å². The minimum absolute atomic E-state index is 0.0868. The van der Waals surface area contributed by atoms with Crippen LogP contribution in [0.15, 0.2) is 0 Å². The molecule has 2 unspecified atom stereocenters. The van der Waals surface area contributed by atoms with Crippen LogP contribution in [-0.4, -0.2) is 45.1 Å². The van der Waals surface area contributed by atoms with E-state index in [-0.39, 0.29) is 17.8 Å². The average Bonchev–Trinajstić information content (AvgIpc) is 2.86. The van der Waals surface area contributed by atoms with E-state index in [0.717, 1.165) is 31.6 Å². The molecule has 2 atom stereocenters. The maximum absolute atomic E-state index is 12.2. The lowest BCUT2D eigenvalue weighted by molar-refractivity contribution is 0.0649. The fourth-order valence-corrected chi connectivity index (χ4v) is 2.31. The Morgan fingerprint density at radius 3 is 3.06 bits per heavy atom. The molecular formula is C12H21N5O. The molecule has 100 valence electrons. The molecule has 1 aromatic rings. The van der Waals surface area contributed by atoms with Crippen LogP contribution in [0.4, 0.5) is 0 Å². The number of aromatic nitrogens is 3. The predicted octanol–water partition coefficient (Wildman–Crippen LogP) is 0.566. The first-order valence-corrected chi connectivity index (χ1v) is 6.58. The summed E-state index contributed by atoms with van der Waals surface area (Å²) in [5, 5.41) is 6.75. The van der Waals surface area contributed by atoms with Gasteiger partial charge in [-0.15, -0.1) is 5.10 Å². The quantitative estimate of drug-likeness (QED) is 0.822. The lowest BCUT2D eigenvalue weighted by Gasteiger charge is -2.33. The third-order valence-electron chi connectivity index (χ3n) is 3.55. The summed E-state index contributed by atoms with van der Waals surface area (Å²) < 4.78 is 0. The van der Waals surface area contributed by atoms with Crippen LogP contribution in [0, 0.1) is 5.92 Å². The second-order valence-electron chi connectivity index (χ2n) is 4.97. The Morgan fingerprint density at radius 1 is 1.67 bits per heavy atom. The number of piperidine rings is 1. The molecule has 0 spiro atoms. The van der Waals surface area contributed by atoms with E-state index in [9.17, 15) is 4.79 Å². The van der Waals surface area contributed by atoms with E-state index < -0.39 is 0 Å². The number of carbonyl (C=O) groups is 1. The van der Waals surface area contributed by atoms with Crippen molar-refractivity contribution in [2.24, 2.45) is 11.7 Å². The molecule has 3 N–H and O–H groups in total. The molecular weight excluding hydrogens is 230 g/mol. The van der Waals surface area contributed by atoms with Gasteiger partial charge in [-0.1, -0.05) is 6.92 Å². The molecule has 18 heavy (non-hydrogen) atoms. The highest BCUT2D eigenvalue weighted by molar-refractivity contribution is 5.90. The molecule has 1 aliphatic rings. The van der Waals surface area contributed by atoms with Crippen LogP contribution in [0.3, 0.4) is 0 Å². The van der Waals surface area contributed by atoms with Gasteiger partial charge in [0.15, 0.2) is 0 Å². The molecule has 2 rings (SSSR count). The van der Waals surface area contributed by atoms with Crippen LogP contribution >= 0.6 is 0 Å². The van der Waals surface area contributed by atoms with E-state index in [2.05, 4.69) is 15.2 Å². The summed E-state index contributed by atoms with van der Waals surface area (Å²) in [5.41, 5.74) is 5.92. The van der Waals surface area contributed by atoms with Crippen molar-refractivity contribution in [2.45, 2.75) is 39.2 Å². The molecule has 1 amide bonds. The maximum atomic E-state index is 12.2. The summed E-state index contributed by atoms with van der Waals surface area (Å²) in [6.45, 7) is 5.47. The van der Waals surface area contributed by atoms with Crippen molar-refractivity contribution in [1.82, 2.24) is 20.1 Å². The van der Waals surface area contributed by atoms with Gasteiger partial charge in [0.25, 0.3) is 5.91 Å². The van der Waals surface area contributed by atoms with Crippen molar-refractivity contribution in [3.63, 3.8) is 0 Å². The zero-order valence-electron chi connectivity index (χ0n) is 11.0. The van der Waals surface area contributed by atoms with Crippen LogP contribution in [0.25, 0.3) is 0 Å². The standard InChI is InChI=1S/C12H21N5O/c1-3-10-14-11(16-15-10)12(18)17-6-4-5-9(7-17)8(2)13/h8-9H,3-7,13H2,1-2H3,(H,14,15,16). The number of nitrogens with two attached hydrogens (primary N) is 1. The SMILES string of the molecule is CCc1nc(C(=O)N2CCCC(C(C)N)C2)n[nH]1.